The molecule has 0 spiro atoms. The van der Waals surface area contributed by atoms with Crippen LogP contribution >= 0.6 is 0 Å². The quantitative estimate of drug-likeness (QED) is 0.450. The van der Waals surface area contributed by atoms with Crippen molar-refractivity contribution in [2.24, 2.45) is 0 Å². The molecule has 1 N–H and O–H groups in total. The zero-order valence-corrected chi connectivity index (χ0v) is 18.1. The number of carbonyl (C=O) groups excluding carboxylic acids is 1. The van der Waals surface area contributed by atoms with Crippen molar-refractivity contribution in [2.75, 3.05) is 37.6 Å². The van der Waals surface area contributed by atoms with Crippen molar-refractivity contribution < 1.29 is 53.8 Å². The van der Waals surface area contributed by atoms with Crippen molar-refractivity contribution in [1.82, 2.24) is 10.2 Å². The molecule has 3 rings (SSSR count). The minimum absolute atomic E-state index is 0.0480. The normalized spacial score (nSPS) is 20.4. The molecular weight excluding hydrogens is 501 g/mol. The second-order valence-corrected chi connectivity index (χ2v) is 8.12. The number of nitrogens with one attached hydrogen (secondary N) is 1. The highest BCUT2D eigenvalue weighted by Crippen LogP contribution is 2.37. The molecule has 198 valence electrons. The summed E-state index contributed by atoms with van der Waals surface area (Å²) in [5, 5.41) is 2.66. The Morgan fingerprint density at radius 3 is 2.20 bits per heavy atom. The van der Waals surface area contributed by atoms with Gasteiger partial charge in [-0.05, 0) is 18.9 Å². The lowest BCUT2D eigenvalue weighted by atomic mass is 10.1. The topological polar surface area (TPSA) is 54.0 Å². The summed E-state index contributed by atoms with van der Waals surface area (Å²) in [7, 11) is 0. The van der Waals surface area contributed by atoms with Crippen LogP contribution in [0.5, 0.6) is 5.75 Å². The van der Waals surface area contributed by atoms with Crippen LogP contribution in [-0.4, -0.2) is 74.5 Å². The van der Waals surface area contributed by atoms with Gasteiger partial charge in [0.15, 0.2) is 0 Å². The van der Waals surface area contributed by atoms with Gasteiger partial charge in [-0.25, -0.2) is 0 Å². The number of ether oxygens (including phenoxy) is 2. The number of rotatable bonds is 6. The van der Waals surface area contributed by atoms with Gasteiger partial charge in [0.1, 0.15) is 11.8 Å². The number of hydrogen-bond acceptors (Lipinski definition) is 6. The minimum atomic E-state index is -5.89. The fourth-order valence-electron chi connectivity index (χ4n) is 3.97. The molecular formula is C20H22F9N3O3. The molecule has 0 aromatic heterocycles. The second kappa shape index (κ2) is 10.3. The van der Waals surface area contributed by atoms with Crippen LogP contribution in [0.3, 0.4) is 0 Å². The number of esters is 1. The third-order valence-corrected chi connectivity index (χ3v) is 5.58. The third-order valence-electron chi connectivity index (χ3n) is 5.58. The number of benzene rings is 1. The van der Waals surface area contributed by atoms with Gasteiger partial charge in [0.25, 0.3) is 6.10 Å². The summed E-state index contributed by atoms with van der Waals surface area (Å²) in [6, 6.07) is 2.44. The molecule has 1 unspecified atom stereocenters. The van der Waals surface area contributed by atoms with E-state index in [1.807, 2.05) is 4.90 Å². The van der Waals surface area contributed by atoms with Gasteiger partial charge in [-0.2, -0.15) is 26.3 Å². The second-order valence-electron chi connectivity index (χ2n) is 8.12. The average Bonchev–Trinajstić information content (AvgIpc) is 3.25. The van der Waals surface area contributed by atoms with E-state index in [1.54, 1.807) is 6.07 Å². The zero-order valence-electron chi connectivity index (χ0n) is 18.1. The number of anilines is 1. The Morgan fingerprint density at radius 1 is 1.00 bits per heavy atom. The summed E-state index contributed by atoms with van der Waals surface area (Å²) >= 11 is 0. The molecule has 0 amide bonds. The van der Waals surface area contributed by atoms with Gasteiger partial charge in [0, 0.05) is 56.6 Å². The van der Waals surface area contributed by atoms with E-state index in [0.717, 1.165) is 17.7 Å². The van der Waals surface area contributed by atoms with E-state index < -0.39 is 49.1 Å². The molecule has 6 nitrogen and oxygen atoms in total. The van der Waals surface area contributed by atoms with Gasteiger partial charge >= 0.3 is 24.7 Å². The number of nitrogens with zero attached hydrogens (tertiary/aromatic N) is 2. The lowest BCUT2D eigenvalue weighted by molar-refractivity contribution is -0.314. The standard InChI is InChI=1S/C20H22F9N3O3/c21-18(22,23)17(19(24,25)26)34-16(33)14-10-30-5-8-32(14)11-12-3-4-13(31-6-1-2-7-31)9-15(12)35-20(27,28)29/h3-4,9,14,17,30H,1-2,5-8,10-11H2. The van der Waals surface area contributed by atoms with Crippen molar-refractivity contribution in [3.05, 3.63) is 23.8 Å². The van der Waals surface area contributed by atoms with E-state index in [9.17, 15) is 44.3 Å². The molecule has 1 atom stereocenters. The Hall–Kier alpha value is -2.42. The van der Waals surface area contributed by atoms with Crippen molar-refractivity contribution in [3.63, 3.8) is 0 Å². The number of hydrogen-bond donors (Lipinski definition) is 1. The smallest absolute Gasteiger partial charge is 0.442 e. The van der Waals surface area contributed by atoms with Crippen LogP contribution in [0.2, 0.25) is 0 Å². The highest BCUT2D eigenvalue weighted by atomic mass is 19.4. The summed E-state index contributed by atoms with van der Waals surface area (Å²) in [6.07, 6.45) is -19.4. The van der Waals surface area contributed by atoms with Gasteiger partial charge in [-0.3, -0.25) is 9.69 Å². The lowest BCUT2D eigenvalue weighted by Crippen LogP contribution is -2.57. The molecule has 2 heterocycles. The van der Waals surface area contributed by atoms with E-state index in [2.05, 4.69) is 14.8 Å². The summed E-state index contributed by atoms with van der Waals surface area (Å²) in [4.78, 5) is 15.3. The van der Waals surface area contributed by atoms with E-state index in [1.165, 1.54) is 12.1 Å². The van der Waals surface area contributed by atoms with Gasteiger partial charge in [-0.1, -0.05) is 6.07 Å². The Morgan fingerprint density at radius 2 is 1.63 bits per heavy atom. The minimum Gasteiger partial charge on any atom is -0.442 e. The fourth-order valence-corrected chi connectivity index (χ4v) is 3.97. The van der Waals surface area contributed by atoms with Gasteiger partial charge in [0.2, 0.25) is 0 Å². The van der Waals surface area contributed by atoms with Gasteiger partial charge < -0.3 is 19.7 Å². The van der Waals surface area contributed by atoms with Crippen molar-refractivity contribution >= 4 is 11.7 Å². The van der Waals surface area contributed by atoms with Crippen LogP contribution < -0.4 is 15.0 Å². The van der Waals surface area contributed by atoms with Crippen LogP contribution in [0.15, 0.2) is 18.2 Å². The van der Waals surface area contributed by atoms with Crippen LogP contribution in [0, 0.1) is 0 Å². The maximum atomic E-state index is 13.0. The molecule has 2 saturated heterocycles. The van der Waals surface area contributed by atoms with E-state index in [0.29, 0.717) is 18.8 Å². The SMILES string of the molecule is O=C(OC(C(F)(F)F)C(F)(F)F)C1CNCCN1Cc1ccc(N2CCCC2)cc1OC(F)(F)F. The van der Waals surface area contributed by atoms with E-state index in [-0.39, 0.29) is 25.2 Å². The third kappa shape index (κ3) is 7.29. The molecule has 15 heteroatoms. The predicted octanol–water partition coefficient (Wildman–Crippen LogP) is 4.00. The molecule has 0 bridgehead atoms. The first-order valence-corrected chi connectivity index (χ1v) is 10.6. The summed E-state index contributed by atoms with van der Waals surface area (Å²) in [5.41, 5.74) is 0.424. The number of alkyl halides is 9. The largest absolute Gasteiger partial charge is 0.573 e. The maximum absolute atomic E-state index is 13.0. The molecule has 0 radical (unpaired) electrons. The first-order chi connectivity index (χ1) is 16.1. The monoisotopic (exact) mass is 523 g/mol. The summed E-state index contributed by atoms with van der Waals surface area (Å²) < 4.78 is 124. The summed E-state index contributed by atoms with van der Waals surface area (Å²) in [6.45, 7) is 0.638. The van der Waals surface area contributed by atoms with Crippen LogP contribution in [-0.2, 0) is 16.1 Å². The first-order valence-electron chi connectivity index (χ1n) is 10.6. The number of piperazine rings is 1. The van der Waals surface area contributed by atoms with Crippen LogP contribution in [0.4, 0.5) is 45.2 Å². The van der Waals surface area contributed by atoms with Gasteiger partial charge in [0.05, 0.1) is 0 Å². The average molecular weight is 523 g/mol. The van der Waals surface area contributed by atoms with Gasteiger partial charge in [-0.15, -0.1) is 13.2 Å². The Balaban J connectivity index is 1.83. The van der Waals surface area contributed by atoms with E-state index >= 15 is 0 Å². The zero-order chi connectivity index (χ0) is 26.0. The summed E-state index contributed by atoms with van der Waals surface area (Å²) in [5.74, 6) is -2.38. The van der Waals surface area contributed by atoms with Crippen molar-refractivity contribution in [1.29, 1.82) is 0 Å². The molecule has 2 fully saturated rings. The molecule has 0 saturated carbocycles. The fraction of sp³-hybridized carbons (Fsp3) is 0.650. The Kier molecular flexibility index (Phi) is 7.99. The highest BCUT2D eigenvalue weighted by Gasteiger charge is 2.60. The van der Waals surface area contributed by atoms with Crippen molar-refractivity contribution in [2.45, 2.75) is 50.2 Å². The molecule has 0 aliphatic carbocycles. The highest BCUT2D eigenvalue weighted by molar-refractivity contribution is 5.76. The first kappa shape index (κ1) is 27.2. The molecule has 35 heavy (non-hydrogen) atoms. The van der Waals surface area contributed by atoms with Crippen LogP contribution in [0.25, 0.3) is 0 Å². The van der Waals surface area contributed by atoms with Crippen LogP contribution in [0.1, 0.15) is 18.4 Å². The van der Waals surface area contributed by atoms with Crippen molar-refractivity contribution in [3.8, 4) is 5.75 Å². The maximum Gasteiger partial charge on any atom is 0.573 e. The molecule has 1 aromatic carbocycles. The molecule has 1 aromatic rings. The predicted molar refractivity (Wildman–Crippen MR) is 104 cm³/mol. The Bertz CT molecular complexity index is 869. The van der Waals surface area contributed by atoms with E-state index in [4.69, 9.17) is 0 Å². The number of halogens is 9. The number of carbonyl (C=O) groups is 1. The molecule has 2 aliphatic rings. The lowest BCUT2D eigenvalue weighted by Gasteiger charge is -2.36. The molecule has 2 aliphatic heterocycles. The Labute approximate surface area is 193 Å².